The van der Waals surface area contributed by atoms with Gasteiger partial charge in [0.2, 0.25) is 5.91 Å². The van der Waals surface area contributed by atoms with Gasteiger partial charge in [0.1, 0.15) is 0 Å². The smallest absolute Gasteiger partial charge is 0.387 e. The fourth-order valence-electron chi connectivity index (χ4n) is 2.59. The number of hydrogen-bond donors (Lipinski definition) is 1. The van der Waals surface area contributed by atoms with E-state index in [1.807, 2.05) is 26.0 Å². The lowest BCUT2D eigenvalue weighted by molar-refractivity contribution is -0.121. The van der Waals surface area contributed by atoms with Crippen LogP contribution in [-0.2, 0) is 11.3 Å². The Hall–Kier alpha value is -2.96. The molecule has 0 unspecified atom stereocenters. The summed E-state index contributed by atoms with van der Waals surface area (Å²) in [4.78, 5) is 24.2. The summed E-state index contributed by atoms with van der Waals surface area (Å²) in [5, 5.41) is 2.70. The van der Waals surface area contributed by atoms with Crippen LogP contribution in [0.4, 0.5) is 8.78 Å². The highest BCUT2D eigenvalue weighted by Gasteiger charge is 2.13. The number of amides is 1. The maximum Gasteiger partial charge on any atom is 0.387 e. The minimum absolute atomic E-state index is 0.0649. The Balaban J connectivity index is 1.86. The predicted octanol–water partition coefficient (Wildman–Crippen LogP) is 4.19. The molecule has 0 fully saturated rings. The number of hydrogen-bond acceptors (Lipinski definition) is 4. The van der Waals surface area contributed by atoms with Crippen molar-refractivity contribution >= 4 is 11.7 Å². The third kappa shape index (κ3) is 6.04. The topological polar surface area (TPSA) is 64.6 Å². The molecule has 5 nitrogen and oxygen atoms in total. The average Bonchev–Trinajstić information content (AvgIpc) is 2.66. The number of alkyl halides is 2. The Morgan fingerprint density at radius 2 is 1.75 bits per heavy atom. The zero-order chi connectivity index (χ0) is 20.7. The van der Waals surface area contributed by atoms with Crippen LogP contribution in [0.15, 0.2) is 36.4 Å². The largest absolute Gasteiger partial charge is 0.493 e. The van der Waals surface area contributed by atoms with Crippen molar-refractivity contribution in [2.24, 2.45) is 0 Å². The summed E-state index contributed by atoms with van der Waals surface area (Å²) in [6, 6.07) is 9.90. The molecule has 0 spiro atoms. The zero-order valence-corrected chi connectivity index (χ0v) is 16.1. The van der Waals surface area contributed by atoms with Crippen LogP contribution < -0.4 is 14.8 Å². The lowest BCUT2D eigenvalue weighted by Crippen LogP contribution is -2.23. The highest BCUT2D eigenvalue weighted by Crippen LogP contribution is 2.29. The SMILES string of the molecule is COc1cc(CNC(=O)CCC(=O)c2ccc(C)c(C)c2)ccc1OC(F)F. The van der Waals surface area contributed by atoms with Gasteiger partial charge in [-0.05, 0) is 48.7 Å². The molecular formula is C21H23F2NO4. The molecule has 28 heavy (non-hydrogen) atoms. The van der Waals surface area contributed by atoms with Crippen molar-refractivity contribution in [2.45, 2.75) is 39.8 Å². The molecule has 2 aromatic carbocycles. The summed E-state index contributed by atoms with van der Waals surface area (Å²) in [7, 11) is 1.34. The summed E-state index contributed by atoms with van der Waals surface area (Å²) >= 11 is 0. The van der Waals surface area contributed by atoms with E-state index in [1.54, 1.807) is 12.1 Å². The number of aryl methyl sites for hydroxylation is 2. The van der Waals surface area contributed by atoms with Gasteiger partial charge in [-0.25, -0.2) is 0 Å². The predicted molar refractivity (Wildman–Crippen MR) is 101 cm³/mol. The summed E-state index contributed by atoms with van der Waals surface area (Å²) in [5.74, 6) is -0.291. The molecule has 0 heterocycles. The number of ketones is 1. The van der Waals surface area contributed by atoms with Crippen LogP contribution >= 0.6 is 0 Å². The van der Waals surface area contributed by atoms with Gasteiger partial charge in [-0.15, -0.1) is 0 Å². The number of halogens is 2. The molecule has 7 heteroatoms. The standard InChI is InChI=1S/C21H23F2NO4/c1-13-4-6-16(10-14(13)2)17(25)7-9-20(26)24-12-15-5-8-18(28-21(22)23)19(11-15)27-3/h4-6,8,10-11,21H,7,9,12H2,1-3H3,(H,24,26). The minimum atomic E-state index is -2.95. The number of Topliss-reactive ketones (excluding diaryl/α,β-unsaturated/α-hetero) is 1. The number of nitrogens with one attached hydrogen (secondary N) is 1. The van der Waals surface area contributed by atoms with Crippen molar-refractivity contribution in [2.75, 3.05) is 7.11 Å². The number of methoxy groups -OCH3 is 1. The fraction of sp³-hybridized carbons (Fsp3) is 0.333. The van der Waals surface area contributed by atoms with Gasteiger partial charge in [0, 0.05) is 24.9 Å². The molecule has 0 aliphatic rings. The maximum absolute atomic E-state index is 12.3. The highest BCUT2D eigenvalue weighted by atomic mass is 19.3. The Kier molecular flexibility index (Phi) is 7.49. The van der Waals surface area contributed by atoms with Crippen LogP contribution in [0, 0.1) is 13.8 Å². The molecule has 0 radical (unpaired) electrons. The van der Waals surface area contributed by atoms with Gasteiger partial charge < -0.3 is 14.8 Å². The third-order valence-electron chi connectivity index (χ3n) is 4.34. The first-order valence-electron chi connectivity index (χ1n) is 8.79. The average molecular weight is 391 g/mol. The first kappa shape index (κ1) is 21.3. The molecule has 150 valence electrons. The molecule has 2 aromatic rings. The highest BCUT2D eigenvalue weighted by molar-refractivity contribution is 5.98. The van der Waals surface area contributed by atoms with E-state index in [2.05, 4.69) is 10.1 Å². The molecule has 2 rings (SSSR count). The quantitative estimate of drug-likeness (QED) is 0.651. The second kappa shape index (κ2) is 9.82. The van der Waals surface area contributed by atoms with E-state index in [9.17, 15) is 18.4 Å². The molecule has 0 bridgehead atoms. The van der Waals surface area contributed by atoms with Crippen LogP contribution in [0.1, 0.15) is 39.9 Å². The molecule has 1 N–H and O–H groups in total. The Morgan fingerprint density at radius 3 is 2.39 bits per heavy atom. The van der Waals surface area contributed by atoms with E-state index in [1.165, 1.54) is 19.2 Å². The van der Waals surface area contributed by atoms with Gasteiger partial charge in [0.25, 0.3) is 0 Å². The molecule has 0 saturated carbocycles. The number of carbonyl (C=O) groups is 2. The first-order valence-corrected chi connectivity index (χ1v) is 8.79. The Morgan fingerprint density at radius 1 is 1.00 bits per heavy atom. The van der Waals surface area contributed by atoms with Gasteiger partial charge >= 0.3 is 6.61 Å². The van der Waals surface area contributed by atoms with Crippen molar-refractivity contribution in [1.29, 1.82) is 0 Å². The second-order valence-corrected chi connectivity index (χ2v) is 6.36. The van der Waals surface area contributed by atoms with Crippen LogP contribution in [0.5, 0.6) is 11.5 Å². The number of ether oxygens (including phenoxy) is 2. The van der Waals surface area contributed by atoms with E-state index in [0.29, 0.717) is 11.1 Å². The van der Waals surface area contributed by atoms with Crippen molar-refractivity contribution in [3.63, 3.8) is 0 Å². The van der Waals surface area contributed by atoms with E-state index >= 15 is 0 Å². The second-order valence-electron chi connectivity index (χ2n) is 6.36. The summed E-state index contributed by atoms with van der Waals surface area (Å²) < 4.78 is 34.1. The van der Waals surface area contributed by atoms with Gasteiger partial charge in [-0.1, -0.05) is 18.2 Å². The number of carbonyl (C=O) groups excluding carboxylic acids is 2. The summed E-state index contributed by atoms with van der Waals surface area (Å²) in [5.41, 5.74) is 3.39. The lowest BCUT2D eigenvalue weighted by Gasteiger charge is -2.12. The minimum Gasteiger partial charge on any atom is -0.493 e. The van der Waals surface area contributed by atoms with E-state index < -0.39 is 6.61 Å². The maximum atomic E-state index is 12.3. The molecule has 1 amide bonds. The summed E-state index contributed by atoms with van der Waals surface area (Å²) in [6.07, 6.45) is 0.175. The van der Waals surface area contributed by atoms with Crippen molar-refractivity contribution in [1.82, 2.24) is 5.32 Å². The van der Waals surface area contributed by atoms with Crippen LogP contribution in [-0.4, -0.2) is 25.4 Å². The number of rotatable bonds is 9. The monoisotopic (exact) mass is 391 g/mol. The van der Waals surface area contributed by atoms with E-state index in [-0.39, 0.29) is 42.6 Å². The number of benzene rings is 2. The normalized spacial score (nSPS) is 10.6. The van der Waals surface area contributed by atoms with Crippen LogP contribution in [0.2, 0.25) is 0 Å². The summed E-state index contributed by atoms with van der Waals surface area (Å²) in [6.45, 7) is 1.14. The molecule has 0 aromatic heterocycles. The first-order chi connectivity index (χ1) is 13.3. The van der Waals surface area contributed by atoms with E-state index in [4.69, 9.17) is 4.74 Å². The van der Waals surface area contributed by atoms with Gasteiger partial charge in [0.15, 0.2) is 17.3 Å². The lowest BCUT2D eigenvalue weighted by atomic mass is 10.0. The molecule has 0 aliphatic carbocycles. The molecular weight excluding hydrogens is 368 g/mol. The van der Waals surface area contributed by atoms with Gasteiger partial charge in [-0.3, -0.25) is 9.59 Å². The van der Waals surface area contributed by atoms with Crippen LogP contribution in [0.25, 0.3) is 0 Å². The van der Waals surface area contributed by atoms with E-state index in [0.717, 1.165) is 11.1 Å². The molecule has 0 aliphatic heterocycles. The van der Waals surface area contributed by atoms with Crippen molar-refractivity contribution in [3.8, 4) is 11.5 Å². The zero-order valence-electron chi connectivity index (χ0n) is 16.1. The Bertz CT molecular complexity index is 852. The molecule has 0 atom stereocenters. The van der Waals surface area contributed by atoms with Crippen molar-refractivity contribution < 1.29 is 27.8 Å². The Labute approximate surface area is 162 Å². The van der Waals surface area contributed by atoms with Gasteiger partial charge in [-0.2, -0.15) is 8.78 Å². The van der Waals surface area contributed by atoms with Gasteiger partial charge in [0.05, 0.1) is 7.11 Å². The molecule has 0 saturated heterocycles. The van der Waals surface area contributed by atoms with Crippen molar-refractivity contribution in [3.05, 3.63) is 58.7 Å². The fourth-order valence-corrected chi connectivity index (χ4v) is 2.59. The van der Waals surface area contributed by atoms with Crippen LogP contribution in [0.3, 0.4) is 0 Å². The third-order valence-corrected chi connectivity index (χ3v) is 4.34.